The van der Waals surface area contributed by atoms with Crippen LogP contribution in [-0.4, -0.2) is 28.3 Å². The Hall–Kier alpha value is -2.00. The third-order valence-corrected chi connectivity index (χ3v) is 3.46. The fourth-order valence-electron chi connectivity index (χ4n) is 2.30. The number of nitrogens with zero attached hydrogens (tertiary/aromatic N) is 1. The molecule has 0 bridgehead atoms. The lowest BCUT2D eigenvalue weighted by molar-refractivity contribution is 0.414. The summed E-state index contributed by atoms with van der Waals surface area (Å²) in [6, 6.07) is 16.9. The van der Waals surface area contributed by atoms with Gasteiger partial charge in [0.25, 0.3) is 0 Å². The van der Waals surface area contributed by atoms with Gasteiger partial charge in [-0.15, -0.1) is 0 Å². The van der Waals surface area contributed by atoms with Gasteiger partial charge in [0.15, 0.2) is 0 Å². The Balaban J connectivity index is 2.33. The first-order valence-electron chi connectivity index (χ1n) is 6.74. The predicted molar refractivity (Wildman–Crippen MR) is 84.7 cm³/mol. The van der Waals surface area contributed by atoms with Gasteiger partial charge in [0.05, 0.1) is 13.2 Å². The van der Waals surface area contributed by atoms with E-state index in [4.69, 9.17) is 4.74 Å². The van der Waals surface area contributed by atoms with Crippen LogP contribution < -0.4 is 15.0 Å². The minimum atomic E-state index is 0.181. The molecular formula is C17H22N2O. The molecule has 0 fully saturated rings. The van der Waals surface area contributed by atoms with Crippen LogP contribution in [0.3, 0.4) is 0 Å². The molecule has 3 heteroatoms. The summed E-state index contributed by atoms with van der Waals surface area (Å²) in [6.45, 7) is 0. The van der Waals surface area contributed by atoms with Crippen molar-refractivity contribution in [1.82, 2.24) is 5.32 Å². The maximum atomic E-state index is 5.21. The summed E-state index contributed by atoms with van der Waals surface area (Å²) in [6.07, 6.45) is 0. The summed E-state index contributed by atoms with van der Waals surface area (Å²) < 4.78 is 5.21. The number of methoxy groups -OCH3 is 1. The summed E-state index contributed by atoms with van der Waals surface area (Å²) in [4.78, 5) is 2.12. The molecule has 2 aromatic carbocycles. The molecule has 0 aliphatic heterocycles. The van der Waals surface area contributed by atoms with Crippen molar-refractivity contribution < 1.29 is 4.74 Å². The Kier molecular flexibility index (Phi) is 4.64. The molecule has 0 saturated carbocycles. The van der Waals surface area contributed by atoms with Crippen molar-refractivity contribution in [3.63, 3.8) is 0 Å². The van der Waals surface area contributed by atoms with Crippen LogP contribution in [0.5, 0.6) is 5.75 Å². The second kappa shape index (κ2) is 6.44. The van der Waals surface area contributed by atoms with Crippen LogP contribution >= 0.6 is 0 Å². The van der Waals surface area contributed by atoms with E-state index in [2.05, 4.69) is 60.7 Å². The fourth-order valence-corrected chi connectivity index (χ4v) is 2.30. The van der Waals surface area contributed by atoms with Gasteiger partial charge in [0.1, 0.15) is 5.75 Å². The second-order valence-electron chi connectivity index (χ2n) is 4.98. The fraction of sp³-hybridized carbons (Fsp3) is 0.294. The van der Waals surface area contributed by atoms with Crippen LogP contribution in [-0.2, 0) is 0 Å². The molecule has 0 heterocycles. The SMILES string of the molecule is CNC(c1ccc(OC)cc1)c1cccc(N(C)C)c1. The van der Waals surface area contributed by atoms with Gasteiger partial charge < -0.3 is 15.0 Å². The first kappa shape index (κ1) is 14.4. The number of benzene rings is 2. The molecule has 1 unspecified atom stereocenters. The highest BCUT2D eigenvalue weighted by Crippen LogP contribution is 2.26. The molecule has 0 aliphatic carbocycles. The molecule has 0 radical (unpaired) electrons. The predicted octanol–water partition coefficient (Wildman–Crippen LogP) is 3.07. The molecule has 0 spiro atoms. The molecule has 1 N–H and O–H groups in total. The van der Waals surface area contributed by atoms with Gasteiger partial charge in [0, 0.05) is 19.8 Å². The van der Waals surface area contributed by atoms with E-state index >= 15 is 0 Å². The minimum absolute atomic E-state index is 0.181. The molecule has 0 aromatic heterocycles. The van der Waals surface area contributed by atoms with Crippen molar-refractivity contribution in [1.29, 1.82) is 0 Å². The normalized spacial score (nSPS) is 12.0. The third-order valence-electron chi connectivity index (χ3n) is 3.46. The number of hydrogen-bond acceptors (Lipinski definition) is 3. The standard InChI is InChI=1S/C17H22N2O/c1-18-17(13-8-10-16(20-4)11-9-13)14-6-5-7-15(12-14)19(2)3/h5-12,17-18H,1-4H3. The van der Waals surface area contributed by atoms with Crippen LogP contribution in [0.1, 0.15) is 17.2 Å². The van der Waals surface area contributed by atoms with E-state index in [1.807, 2.05) is 19.2 Å². The van der Waals surface area contributed by atoms with E-state index in [1.165, 1.54) is 16.8 Å². The van der Waals surface area contributed by atoms with E-state index in [0.717, 1.165) is 5.75 Å². The third kappa shape index (κ3) is 3.11. The van der Waals surface area contributed by atoms with E-state index in [0.29, 0.717) is 0 Å². The molecule has 20 heavy (non-hydrogen) atoms. The van der Waals surface area contributed by atoms with E-state index in [1.54, 1.807) is 7.11 Å². The van der Waals surface area contributed by atoms with E-state index in [-0.39, 0.29) is 6.04 Å². The van der Waals surface area contributed by atoms with Crippen molar-refractivity contribution in [2.75, 3.05) is 33.2 Å². The van der Waals surface area contributed by atoms with Crippen molar-refractivity contribution >= 4 is 5.69 Å². The number of anilines is 1. The van der Waals surface area contributed by atoms with Gasteiger partial charge >= 0.3 is 0 Å². The Morgan fingerprint density at radius 2 is 1.70 bits per heavy atom. The number of rotatable bonds is 5. The monoisotopic (exact) mass is 270 g/mol. The molecule has 0 amide bonds. The maximum absolute atomic E-state index is 5.21. The molecule has 1 atom stereocenters. The Labute approximate surface area is 121 Å². The molecule has 2 aromatic rings. The smallest absolute Gasteiger partial charge is 0.118 e. The summed E-state index contributed by atoms with van der Waals surface area (Å²) in [5, 5.41) is 3.38. The number of nitrogens with one attached hydrogen (secondary N) is 1. The Morgan fingerprint density at radius 1 is 1.00 bits per heavy atom. The lowest BCUT2D eigenvalue weighted by atomic mass is 9.98. The minimum Gasteiger partial charge on any atom is -0.497 e. The summed E-state index contributed by atoms with van der Waals surface area (Å²) in [5.41, 5.74) is 3.68. The van der Waals surface area contributed by atoms with Crippen LogP contribution in [0.4, 0.5) is 5.69 Å². The van der Waals surface area contributed by atoms with Crippen molar-refractivity contribution in [2.45, 2.75) is 6.04 Å². The highest BCUT2D eigenvalue weighted by atomic mass is 16.5. The van der Waals surface area contributed by atoms with E-state index < -0.39 is 0 Å². The molecule has 0 saturated heterocycles. The van der Waals surface area contributed by atoms with E-state index in [9.17, 15) is 0 Å². The molecule has 0 aliphatic rings. The van der Waals surface area contributed by atoms with Crippen LogP contribution in [0, 0.1) is 0 Å². The second-order valence-corrected chi connectivity index (χ2v) is 4.98. The van der Waals surface area contributed by atoms with Gasteiger partial charge in [-0.2, -0.15) is 0 Å². The Morgan fingerprint density at radius 3 is 2.25 bits per heavy atom. The van der Waals surface area contributed by atoms with Gasteiger partial charge in [-0.3, -0.25) is 0 Å². The quantitative estimate of drug-likeness (QED) is 0.903. The molecular weight excluding hydrogens is 248 g/mol. The molecule has 106 valence electrons. The summed E-state index contributed by atoms with van der Waals surface area (Å²) in [5.74, 6) is 0.880. The molecule has 2 rings (SSSR count). The van der Waals surface area contributed by atoms with Crippen LogP contribution in [0.2, 0.25) is 0 Å². The maximum Gasteiger partial charge on any atom is 0.118 e. The highest BCUT2D eigenvalue weighted by molar-refractivity contribution is 5.49. The molecule has 3 nitrogen and oxygen atoms in total. The van der Waals surface area contributed by atoms with Gasteiger partial charge in [-0.25, -0.2) is 0 Å². The van der Waals surface area contributed by atoms with Crippen molar-refractivity contribution in [3.05, 3.63) is 59.7 Å². The zero-order valence-electron chi connectivity index (χ0n) is 12.6. The number of hydrogen-bond donors (Lipinski definition) is 1. The first-order chi connectivity index (χ1) is 9.65. The van der Waals surface area contributed by atoms with Crippen LogP contribution in [0.15, 0.2) is 48.5 Å². The summed E-state index contributed by atoms with van der Waals surface area (Å²) in [7, 11) is 7.78. The zero-order chi connectivity index (χ0) is 14.5. The Bertz CT molecular complexity index is 549. The average molecular weight is 270 g/mol. The first-order valence-corrected chi connectivity index (χ1v) is 6.74. The van der Waals surface area contributed by atoms with Crippen molar-refractivity contribution in [2.24, 2.45) is 0 Å². The highest BCUT2D eigenvalue weighted by Gasteiger charge is 2.12. The zero-order valence-corrected chi connectivity index (χ0v) is 12.6. The average Bonchev–Trinajstić information content (AvgIpc) is 2.49. The van der Waals surface area contributed by atoms with Crippen molar-refractivity contribution in [3.8, 4) is 5.75 Å². The van der Waals surface area contributed by atoms with Gasteiger partial charge in [0.2, 0.25) is 0 Å². The number of ether oxygens (including phenoxy) is 1. The van der Waals surface area contributed by atoms with Gasteiger partial charge in [-0.05, 0) is 42.4 Å². The van der Waals surface area contributed by atoms with Gasteiger partial charge in [-0.1, -0.05) is 24.3 Å². The summed E-state index contributed by atoms with van der Waals surface area (Å²) >= 11 is 0. The topological polar surface area (TPSA) is 24.5 Å². The largest absolute Gasteiger partial charge is 0.497 e. The lowest BCUT2D eigenvalue weighted by Crippen LogP contribution is -2.18. The lowest BCUT2D eigenvalue weighted by Gasteiger charge is -2.20. The van der Waals surface area contributed by atoms with Crippen LogP contribution in [0.25, 0.3) is 0 Å².